The Morgan fingerprint density at radius 2 is 1.77 bits per heavy atom. The molecule has 2 aromatic heterocycles. The molecule has 22 heavy (non-hydrogen) atoms. The zero-order chi connectivity index (χ0) is 16.5. The van der Waals surface area contributed by atoms with Gasteiger partial charge in [-0.25, -0.2) is 9.97 Å². The van der Waals surface area contributed by atoms with Gasteiger partial charge in [-0.05, 0) is 19.1 Å². The molecule has 0 radical (unpaired) electrons. The number of rotatable bonds is 3. The highest BCUT2D eigenvalue weighted by Crippen LogP contribution is 2.30. The molecule has 0 saturated heterocycles. The van der Waals surface area contributed by atoms with Gasteiger partial charge in [0.15, 0.2) is 0 Å². The average molecular weight is 329 g/mol. The van der Waals surface area contributed by atoms with E-state index in [1.54, 1.807) is 0 Å². The predicted molar refractivity (Wildman–Crippen MR) is 82.1 cm³/mol. The minimum atomic E-state index is -4.44. The predicted octanol–water partition coefficient (Wildman–Crippen LogP) is 5.03. The van der Waals surface area contributed by atoms with E-state index in [0.29, 0.717) is 0 Å². The third-order valence-electron chi connectivity index (χ3n) is 3.06. The lowest BCUT2D eigenvalue weighted by Crippen LogP contribution is -2.14. The third kappa shape index (κ3) is 3.97. The van der Waals surface area contributed by atoms with Crippen LogP contribution in [0, 0.1) is 0 Å². The van der Waals surface area contributed by atoms with Crippen molar-refractivity contribution < 1.29 is 13.2 Å². The summed E-state index contributed by atoms with van der Waals surface area (Å²) in [6, 6.07) is 3.60. The Hall–Kier alpha value is -1.63. The van der Waals surface area contributed by atoms with Crippen molar-refractivity contribution in [2.24, 2.45) is 0 Å². The molecule has 2 aromatic rings. The number of nitrogens with zero attached hydrogens (tertiary/aromatic N) is 2. The van der Waals surface area contributed by atoms with Gasteiger partial charge in [-0.15, -0.1) is 11.3 Å². The van der Waals surface area contributed by atoms with Gasteiger partial charge in [-0.3, -0.25) is 0 Å². The van der Waals surface area contributed by atoms with Gasteiger partial charge in [0.05, 0.1) is 11.7 Å². The maximum Gasteiger partial charge on any atom is 0.433 e. The van der Waals surface area contributed by atoms with Crippen LogP contribution >= 0.6 is 11.3 Å². The molecule has 2 rings (SSSR count). The molecule has 0 aliphatic carbocycles. The second-order valence-electron chi connectivity index (χ2n) is 6.09. The van der Waals surface area contributed by atoms with E-state index in [1.807, 2.05) is 12.3 Å². The molecule has 0 aliphatic heterocycles. The second kappa shape index (κ2) is 5.87. The van der Waals surface area contributed by atoms with E-state index < -0.39 is 11.9 Å². The Balaban J connectivity index is 2.15. The van der Waals surface area contributed by atoms with E-state index in [0.717, 1.165) is 16.8 Å². The molecule has 1 unspecified atom stereocenters. The first-order valence-corrected chi connectivity index (χ1v) is 7.72. The first-order valence-electron chi connectivity index (χ1n) is 6.84. The monoisotopic (exact) mass is 329 g/mol. The number of pyridine rings is 1. The normalized spacial score (nSPS) is 14.0. The first kappa shape index (κ1) is 16.7. The summed E-state index contributed by atoms with van der Waals surface area (Å²) < 4.78 is 38.0. The van der Waals surface area contributed by atoms with Crippen molar-refractivity contribution in [3.05, 3.63) is 40.0 Å². The summed E-state index contributed by atoms with van der Waals surface area (Å²) in [6.07, 6.45) is -4.44. The molecule has 0 fully saturated rings. The lowest BCUT2D eigenvalue weighted by Gasteiger charge is -2.16. The van der Waals surface area contributed by atoms with E-state index >= 15 is 0 Å². The van der Waals surface area contributed by atoms with Crippen LogP contribution in [0.3, 0.4) is 0 Å². The number of alkyl halides is 3. The van der Waals surface area contributed by atoms with E-state index in [1.165, 1.54) is 23.5 Å². The van der Waals surface area contributed by atoms with Crippen LogP contribution in [0.5, 0.6) is 0 Å². The van der Waals surface area contributed by atoms with Crippen LogP contribution in [0.25, 0.3) is 0 Å². The maximum atomic E-state index is 12.7. The van der Waals surface area contributed by atoms with Crippen LogP contribution in [-0.2, 0) is 11.6 Å². The van der Waals surface area contributed by atoms with Gasteiger partial charge in [0.1, 0.15) is 16.5 Å². The third-order valence-corrected chi connectivity index (χ3v) is 4.09. The van der Waals surface area contributed by atoms with Gasteiger partial charge in [0.25, 0.3) is 0 Å². The lowest BCUT2D eigenvalue weighted by atomic mass is 9.93. The number of halogens is 3. The SMILES string of the molecule is CC(Nc1cccc(C(F)(F)F)n1)c1nc(C(C)(C)C)cs1. The smallest absolute Gasteiger partial charge is 0.361 e. The summed E-state index contributed by atoms with van der Waals surface area (Å²) in [7, 11) is 0. The summed E-state index contributed by atoms with van der Waals surface area (Å²) in [5.74, 6) is 0.190. The highest BCUT2D eigenvalue weighted by atomic mass is 32.1. The number of aromatic nitrogens is 2. The Kier molecular flexibility index (Phi) is 4.47. The minimum absolute atomic E-state index is 0.0527. The summed E-state index contributed by atoms with van der Waals surface area (Å²) in [5.41, 5.74) is 0.0144. The van der Waals surface area contributed by atoms with Crippen molar-refractivity contribution in [3.8, 4) is 0 Å². The lowest BCUT2D eigenvalue weighted by molar-refractivity contribution is -0.141. The zero-order valence-corrected chi connectivity index (χ0v) is 13.6. The van der Waals surface area contributed by atoms with Crippen LogP contribution in [0.4, 0.5) is 19.0 Å². The van der Waals surface area contributed by atoms with Crippen molar-refractivity contribution in [3.63, 3.8) is 0 Å². The maximum absolute atomic E-state index is 12.7. The largest absolute Gasteiger partial charge is 0.433 e. The number of thiazole rings is 1. The molecule has 3 nitrogen and oxygen atoms in total. The average Bonchev–Trinajstić information content (AvgIpc) is 2.87. The van der Waals surface area contributed by atoms with E-state index in [2.05, 4.69) is 36.1 Å². The second-order valence-corrected chi connectivity index (χ2v) is 6.98. The molecular formula is C15H18F3N3S. The molecule has 0 aromatic carbocycles. The molecule has 0 amide bonds. The summed E-state index contributed by atoms with van der Waals surface area (Å²) in [5, 5.41) is 5.77. The van der Waals surface area contributed by atoms with Crippen molar-refractivity contribution in [1.29, 1.82) is 0 Å². The number of hydrogen-bond acceptors (Lipinski definition) is 4. The summed E-state index contributed by atoms with van der Waals surface area (Å²) >= 11 is 1.49. The molecule has 7 heteroatoms. The first-order chi connectivity index (χ1) is 10.1. The molecule has 0 aliphatic rings. The molecule has 0 bridgehead atoms. The Labute approximate surface area is 131 Å². The summed E-state index contributed by atoms with van der Waals surface area (Å²) in [4.78, 5) is 8.16. The van der Waals surface area contributed by atoms with E-state index in [-0.39, 0.29) is 17.3 Å². The van der Waals surface area contributed by atoms with Crippen LogP contribution in [-0.4, -0.2) is 9.97 Å². The number of nitrogens with one attached hydrogen (secondary N) is 1. The van der Waals surface area contributed by atoms with Crippen molar-refractivity contribution >= 4 is 17.2 Å². The molecule has 0 saturated carbocycles. The van der Waals surface area contributed by atoms with Gasteiger partial charge < -0.3 is 5.32 Å². The molecule has 2 heterocycles. The zero-order valence-electron chi connectivity index (χ0n) is 12.8. The van der Waals surface area contributed by atoms with Gasteiger partial charge in [0, 0.05) is 10.8 Å². The van der Waals surface area contributed by atoms with Gasteiger partial charge in [0.2, 0.25) is 0 Å². The van der Waals surface area contributed by atoms with Crippen LogP contribution < -0.4 is 5.32 Å². The van der Waals surface area contributed by atoms with Crippen molar-refractivity contribution in [2.75, 3.05) is 5.32 Å². The minimum Gasteiger partial charge on any atom is -0.361 e. The molecule has 0 spiro atoms. The number of anilines is 1. The standard InChI is InChI=1S/C15H18F3N3S/c1-9(13-21-11(8-22-13)14(2,3)4)19-12-7-5-6-10(20-12)15(16,17)18/h5-9H,1-4H3,(H,19,20). The Morgan fingerprint density at radius 3 is 2.32 bits per heavy atom. The highest BCUT2D eigenvalue weighted by molar-refractivity contribution is 7.09. The summed E-state index contributed by atoms with van der Waals surface area (Å²) in [6.45, 7) is 8.06. The van der Waals surface area contributed by atoms with Crippen molar-refractivity contribution in [2.45, 2.75) is 45.3 Å². The molecule has 1 N–H and O–H groups in total. The van der Waals surface area contributed by atoms with Gasteiger partial charge in [-0.2, -0.15) is 13.2 Å². The van der Waals surface area contributed by atoms with Crippen LogP contribution in [0.15, 0.2) is 23.6 Å². The van der Waals surface area contributed by atoms with Crippen molar-refractivity contribution in [1.82, 2.24) is 9.97 Å². The highest BCUT2D eigenvalue weighted by Gasteiger charge is 2.32. The van der Waals surface area contributed by atoms with E-state index in [4.69, 9.17) is 0 Å². The fourth-order valence-electron chi connectivity index (χ4n) is 1.79. The fraction of sp³-hybridized carbons (Fsp3) is 0.467. The fourth-order valence-corrected chi connectivity index (χ4v) is 2.84. The number of hydrogen-bond donors (Lipinski definition) is 1. The molecular weight excluding hydrogens is 311 g/mol. The van der Waals surface area contributed by atoms with Gasteiger partial charge >= 0.3 is 6.18 Å². The molecule has 120 valence electrons. The van der Waals surface area contributed by atoms with Crippen LogP contribution in [0.2, 0.25) is 0 Å². The van der Waals surface area contributed by atoms with Crippen LogP contribution in [0.1, 0.15) is 50.1 Å². The van der Waals surface area contributed by atoms with E-state index in [9.17, 15) is 13.2 Å². The quantitative estimate of drug-likeness (QED) is 0.858. The Bertz CT molecular complexity index is 644. The Morgan fingerprint density at radius 1 is 1.09 bits per heavy atom. The topological polar surface area (TPSA) is 37.8 Å². The molecule has 1 atom stereocenters. The van der Waals surface area contributed by atoms with Gasteiger partial charge in [-0.1, -0.05) is 26.8 Å².